The monoisotopic (exact) mass is 249 g/mol. The smallest absolute Gasteiger partial charge is 0.203 e. The largest absolute Gasteiger partial charge is 0.356 e. The lowest BCUT2D eigenvalue weighted by Crippen LogP contribution is -2.17. The summed E-state index contributed by atoms with van der Waals surface area (Å²) in [7, 11) is 0. The van der Waals surface area contributed by atoms with Gasteiger partial charge in [-0.2, -0.15) is 0 Å². The van der Waals surface area contributed by atoms with E-state index in [-0.39, 0.29) is 0 Å². The molecule has 0 spiro atoms. The molecule has 1 heterocycles. The predicted octanol–water partition coefficient (Wildman–Crippen LogP) is 3.84. The minimum absolute atomic E-state index is 0.924. The molecule has 0 amide bonds. The summed E-state index contributed by atoms with van der Waals surface area (Å²) >= 11 is 0. The molecule has 0 aromatic carbocycles. The van der Waals surface area contributed by atoms with E-state index >= 15 is 0 Å². The van der Waals surface area contributed by atoms with Crippen molar-refractivity contribution in [3.8, 4) is 0 Å². The first-order valence-electron chi connectivity index (χ1n) is 7.46. The summed E-state index contributed by atoms with van der Waals surface area (Å²) in [4.78, 5) is 4.53. The van der Waals surface area contributed by atoms with E-state index in [0.717, 1.165) is 36.6 Å². The number of nitrogens with one attached hydrogen (secondary N) is 1. The van der Waals surface area contributed by atoms with Crippen molar-refractivity contribution in [2.24, 2.45) is 11.8 Å². The highest BCUT2D eigenvalue weighted by Crippen LogP contribution is 2.30. The number of rotatable bonds is 5. The maximum Gasteiger partial charge on any atom is 0.203 e. The summed E-state index contributed by atoms with van der Waals surface area (Å²) < 4.78 is 2.19. The summed E-state index contributed by atoms with van der Waals surface area (Å²) in [5, 5.41) is 3.50. The number of imidazole rings is 1. The first kappa shape index (κ1) is 13.4. The third-order valence-corrected chi connectivity index (χ3v) is 4.12. The molecule has 3 heteroatoms. The lowest BCUT2D eigenvalue weighted by Gasteiger charge is -2.26. The van der Waals surface area contributed by atoms with Crippen molar-refractivity contribution in [3.05, 3.63) is 11.9 Å². The van der Waals surface area contributed by atoms with Gasteiger partial charge in [0, 0.05) is 19.3 Å². The molecular weight excluding hydrogens is 222 g/mol. The second-order valence-electron chi connectivity index (χ2n) is 5.85. The van der Waals surface area contributed by atoms with Crippen LogP contribution in [0.25, 0.3) is 0 Å². The Kier molecular flexibility index (Phi) is 4.67. The van der Waals surface area contributed by atoms with Crippen LogP contribution in [0.15, 0.2) is 6.20 Å². The van der Waals surface area contributed by atoms with Crippen LogP contribution in [0.1, 0.15) is 51.6 Å². The van der Waals surface area contributed by atoms with Crippen LogP contribution >= 0.6 is 0 Å². The van der Waals surface area contributed by atoms with E-state index in [9.17, 15) is 0 Å². The maximum absolute atomic E-state index is 4.53. The predicted molar refractivity (Wildman–Crippen MR) is 76.9 cm³/mol. The molecule has 1 aromatic heterocycles. The minimum Gasteiger partial charge on any atom is -0.356 e. The third-order valence-electron chi connectivity index (χ3n) is 4.12. The van der Waals surface area contributed by atoms with Crippen LogP contribution in [-0.4, -0.2) is 16.1 Å². The van der Waals surface area contributed by atoms with Crippen LogP contribution in [0.4, 0.5) is 5.95 Å². The molecule has 1 aliphatic carbocycles. The second kappa shape index (κ2) is 6.26. The van der Waals surface area contributed by atoms with E-state index in [2.05, 4.69) is 41.8 Å². The van der Waals surface area contributed by atoms with Gasteiger partial charge < -0.3 is 9.88 Å². The highest BCUT2D eigenvalue weighted by molar-refractivity contribution is 5.28. The average molecular weight is 249 g/mol. The van der Waals surface area contributed by atoms with Gasteiger partial charge in [-0.1, -0.05) is 26.2 Å². The Morgan fingerprint density at radius 3 is 3.00 bits per heavy atom. The van der Waals surface area contributed by atoms with Crippen LogP contribution in [0, 0.1) is 18.8 Å². The number of anilines is 1. The SMILES string of the molecule is CCn1cc(C)nc1NCCC1CCCC(C)C1. The number of nitrogens with zero attached hydrogens (tertiary/aromatic N) is 2. The van der Waals surface area contributed by atoms with Crippen molar-refractivity contribution >= 4 is 5.95 Å². The van der Waals surface area contributed by atoms with Gasteiger partial charge in [0.05, 0.1) is 5.69 Å². The summed E-state index contributed by atoms with van der Waals surface area (Å²) in [6.45, 7) is 8.67. The Morgan fingerprint density at radius 2 is 2.28 bits per heavy atom. The van der Waals surface area contributed by atoms with Gasteiger partial charge in [0.15, 0.2) is 0 Å². The number of hydrogen-bond acceptors (Lipinski definition) is 2. The standard InChI is InChI=1S/C15H27N3/c1-4-18-11-13(3)17-15(18)16-9-8-14-7-5-6-12(2)10-14/h11-12,14H,4-10H2,1-3H3,(H,16,17). The van der Waals surface area contributed by atoms with Gasteiger partial charge in [-0.05, 0) is 38.5 Å². The van der Waals surface area contributed by atoms with Gasteiger partial charge in [-0.15, -0.1) is 0 Å². The number of aryl methyl sites for hydroxylation is 2. The first-order valence-corrected chi connectivity index (χ1v) is 7.46. The van der Waals surface area contributed by atoms with Gasteiger partial charge in [0.25, 0.3) is 0 Å². The summed E-state index contributed by atoms with van der Waals surface area (Å²) in [6, 6.07) is 0. The van der Waals surface area contributed by atoms with Crippen LogP contribution in [-0.2, 0) is 6.54 Å². The highest BCUT2D eigenvalue weighted by atomic mass is 15.2. The molecule has 0 aliphatic heterocycles. The van der Waals surface area contributed by atoms with Crippen molar-refractivity contribution in [1.29, 1.82) is 0 Å². The minimum atomic E-state index is 0.924. The van der Waals surface area contributed by atoms with Crippen molar-refractivity contribution < 1.29 is 0 Å². The van der Waals surface area contributed by atoms with E-state index in [1.807, 2.05) is 0 Å². The molecule has 18 heavy (non-hydrogen) atoms. The Morgan fingerprint density at radius 1 is 1.44 bits per heavy atom. The molecule has 102 valence electrons. The van der Waals surface area contributed by atoms with E-state index in [0.29, 0.717) is 0 Å². The molecule has 2 unspecified atom stereocenters. The van der Waals surface area contributed by atoms with E-state index in [1.54, 1.807) is 0 Å². The van der Waals surface area contributed by atoms with E-state index < -0.39 is 0 Å². The fourth-order valence-electron chi connectivity index (χ4n) is 3.14. The summed E-state index contributed by atoms with van der Waals surface area (Å²) in [6.07, 6.45) is 9.11. The molecule has 2 atom stereocenters. The Bertz CT molecular complexity index is 370. The normalized spacial score (nSPS) is 24.2. The molecule has 1 aromatic rings. The Hall–Kier alpha value is -0.990. The van der Waals surface area contributed by atoms with Gasteiger partial charge in [0.1, 0.15) is 0 Å². The van der Waals surface area contributed by atoms with Crippen molar-refractivity contribution in [2.45, 2.75) is 59.4 Å². The lowest BCUT2D eigenvalue weighted by molar-refractivity contribution is 0.274. The zero-order chi connectivity index (χ0) is 13.0. The topological polar surface area (TPSA) is 29.9 Å². The highest BCUT2D eigenvalue weighted by Gasteiger charge is 2.18. The lowest BCUT2D eigenvalue weighted by atomic mass is 9.81. The zero-order valence-corrected chi connectivity index (χ0v) is 12.1. The van der Waals surface area contributed by atoms with Gasteiger partial charge >= 0.3 is 0 Å². The maximum atomic E-state index is 4.53. The fourth-order valence-corrected chi connectivity index (χ4v) is 3.14. The molecule has 1 aliphatic rings. The zero-order valence-electron chi connectivity index (χ0n) is 12.1. The molecule has 0 bridgehead atoms. The Balaban J connectivity index is 1.77. The fraction of sp³-hybridized carbons (Fsp3) is 0.800. The molecule has 2 rings (SSSR count). The number of hydrogen-bond donors (Lipinski definition) is 1. The molecule has 1 N–H and O–H groups in total. The number of aromatic nitrogens is 2. The van der Waals surface area contributed by atoms with Crippen molar-refractivity contribution in [1.82, 2.24) is 9.55 Å². The summed E-state index contributed by atoms with van der Waals surface area (Å²) in [5.74, 6) is 2.90. The molecular formula is C15H27N3. The first-order chi connectivity index (χ1) is 8.69. The molecule has 1 saturated carbocycles. The van der Waals surface area contributed by atoms with Crippen molar-refractivity contribution in [3.63, 3.8) is 0 Å². The van der Waals surface area contributed by atoms with Gasteiger partial charge in [-0.3, -0.25) is 0 Å². The Labute approximate surface area is 111 Å². The molecule has 1 fully saturated rings. The third kappa shape index (κ3) is 3.50. The molecule has 3 nitrogen and oxygen atoms in total. The van der Waals surface area contributed by atoms with Crippen LogP contribution in [0.3, 0.4) is 0 Å². The second-order valence-corrected chi connectivity index (χ2v) is 5.85. The quantitative estimate of drug-likeness (QED) is 0.859. The van der Waals surface area contributed by atoms with Gasteiger partial charge in [-0.25, -0.2) is 4.98 Å². The summed E-state index contributed by atoms with van der Waals surface area (Å²) in [5.41, 5.74) is 1.10. The van der Waals surface area contributed by atoms with Crippen LogP contribution in [0.2, 0.25) is 0 Å². The van der Waals surface area contributed by atoms with Gasteiger partial charge in [0.2, 0.25) is 5.95 Å². The van der Waals surface area contributed by atoms with Crippen LogP contribution in [0.5, 0.6) is 0 Å². The molecule has 0 radical (unpaired) electrons. The average Bonchev–Trinajstić information content (AvgIpc) is 2.70. The molecule has 0 saturated heterocycles. The van der Waals surface area contributed by atoms with Crippen molar-refractivity contribution in [2.75, 3.05) is 11.9 Å². The van der Waals surface area contributed by atoms with E-state index in [1.165, 1.54) is 32.1 Å². The van der Waals surface area contributed by atoms with E-state index in [4.69, 9.17) is 0 Å². The van der Waals surface area contributed by atoms with Crippen LogP contribution < -0.4 is 5.32 Å².